The molecule has 0 aromatic carbocycles. The lowest BCUT2D eigenvalue weighted by atomic mass is 10.2. The minimum atomic E-state index is -4.18. The van der Waals surface area contributed by atoms with Crippen LogP contribution in [0.1, 0.15) is 13.3 Å². The molecule has 1 N–H and O–H groups in total. The molecule has 2 nitrogen and oxygen atoms in total. The van der Waals surface area contributed by atoms with Gasteiger partial charge in [-0.3, -0.25) is 0 Å². The smallest absolute Gasteiger partial charge is 0.315 e. The largest absolute Gasteiger partial charge is 0.460 e. The lowest BCUT2D eigenvalue weighted by Crippen LogP contribution is -2.46. The first kappa shape index (κ1) is 9.80. The minimum absolute atomic E-state index is 0.0375. The molecule has 0 amide bonds. The van der Waals surface area contributed by atoms with Crippen LogP contribution in [-0.2, 0) is 0 Å². The van der Waals surface area contributed by atoms with Gasteiger partial charge in [-0.2, -0.15) is 13.2 Å². The van der Waals surface area contributed by atoms with Crippen molar-refractivity contribution in [3.63, 3.8) is 0 Å². The molecule has 1 fully saturated rings. The van der Waals surface area contributed by atoms with Gasteiger partial charge in [-0.25, -0.2) is 4.90 Å². The molecular weight excluding hydrogens is 169 g/mol. The highest BCUT2D eigenvalue weighted by atomic mass is 19.4. The maximum Gasteiger partial charge on any atom is 0.460 e. The van der Waals surface area contributed by atoms with Crippen LogP contribution in [-0.4, -0.2) is 36.9 Å². The molecule has 0 saturated carbocycles. The number of alkyl halides is 3. The molecular formula is C7H13F3N2. The van der Waals surface area contributed by atoms with Crippen LogP contribution in [0.25, 0.3) is 0 Å². The van der Waals surface area contributed by atoms with Crippen LogP contribution in [0, 0.1) is 0 Å². The van der Waals surface area contributed by atoms with E-state index in [-0.39, 0.29) is 12.6 Å². The molecule has 0 radical (unpaired) electrons. The highest BCUT2D eigenvalue weighted by molar-refractivity contribution is 4.81. The topological polar surface area (TPSA) is 15.3 Å². The molecule has 0 aromatic rings. The van der Waals surface area contributed by atoms with E-state index in [1.54, 1.807) is 0 Å². The fourth-order valence-corrected chi connectivity index (χ4v) is 1.55. The van der Waals surface area contributed by atoms with E-state index in [0.717, 1.165) is 0 Å². The van der Waals surface area contributed by atoms with Crippen molar-refractivity contribution < 1.29 is 13.2 Å². The Bertz CT molecular complexity index is 140. The normalized spacial score (nSPS) is 25.2. The van der Waals surface area contributed by atoms with Gasteiger partial charge in [0, 0.05) is 19.1 Å². The van der Waals surface area contributed by atoms with Gasteiger partial charge in [-0.05, 0) is 13.0 Å². The van der Waals surface area contributed by atoms with Crippen LogP contribution in [0.5, 0.6) is 0 Å². The average Bonchev–Trinajstić information content (AvgIpc) is 2.38. The van der Waals surface area contributed by atoms with E-state index in [1.165, 1.54) is 6.92 Å². The van der Waals surface area contributed by atoms with Crippen LogP contribution in [0.3, 0.4) is 0 Å². The molecule has 5 heteroatoms. The summed E-state index contributed by atoms with van der Waals surface area (Å²) < 4.78 is 36.8. The predicted molar refractivity (Wildman–Crippen MR) is 39.7 cm³/mol. The molecule has 0 spiro atoms. The van der Waals surface area contributed by atoms with E-state index in [2.05, 4.69) is 5.32 Å². The molecule has 1 saturated heterocycles. The van der Waals surface area contributed by atoms with E-state index in [0.29, 0.717) is 24.4 Å². The van der Waals surface area contributed by atoms with Crippen molar-refractivity contribution >= 4 is 0 Å². The van der Waals surface area contributed by atoms with E-state index in [1.807, 2.05) is 0 Å². The first-order valence-electron chi connectivity index (χ1n) is 4.10. The van der Waals surface area contributed by atoms with Gasteiger partial charge in [0.1, 0.15) is 0 Å². The quantitative estimate of drug-likeness (QED) is 0.645. The molecule has 1 aliphatic heterocycles. The summed E-state index contributed by atoms with van der Waals surface area (Å²) >= 11 is 0. The van der Waals surface area contributed by atoms with Gasteiger partial charge in [0.25, 0.3) is 0 Å². The monoisotopic (exact) mass is 182 g/mol. The van der Waals surface area contributed by atoms with Crippen molar-refractivity contribution in [2.45, 2.75) is 25.7 Å². The minimum Gasteiger partial charge on any atom is -0.315 e. The van der Waals surface area contributed by atoms with E-state index >= 15 is 0 Å². The fourth-order valence-electron chi connectivity index (χ4n) is 1.55. The lowest BCUT2D eigenvalue weighted by molar-refractivity contribution is -0.255. The zero-order valence-electron chi connectivity index (χ0n) is 6.99. The summed E-state index contributed by atoms with van der Waals surface area (Å²) in [7, 11) is 0. The second kappa shape index (κ2) is 3.62. The standard InChI is InChI=1S/C7H13F3N2/c1-2-12(7(8,9)10)6-3-4-11-5-6/h6,11H,2-5H2,1H3/t6-/m0/s1. The Kier molecular flexibility index (Phi) is 2.95. The summed E-state index contributed by atoms with van der Waals surface area (Å²) in [6, 6.07) is -0.366. The molecule has 1 rings (SSSR count). The predicted octanol–water partition coefficient (Wildman–Crippen LogP) is 1.19. The van der Waals surface area contributed by atoms with Crippen LogP contribution in [0.15, 0.2) is 0 Å². The Labute approximate surface area is 69.7 Å². The van der Waals surface area contributed by atoms with Gasteiger partial charge in [0.05, 0.1) is 0 Å². The second-order valence-electron chi connectivity index (χ2n) is 2.90. The van der Waals surface area contributed by atoms with Crippen molar-refractivity contribution in [3.05, 3.63) is 0 Å². The summed E-state index contributed by atoms with van der Waals surface area (Å²) in [6.07, 6.45) is -3.58. The third kappa shape index (κ3) is 2.10. The van der Waals surface area contributed by atoms with Gasteiger partial charge in [-0.15, -0.1) is 0 Å². The summed E-state index contributed by atoms with van der Waals surface area (Å²) in [6.45, 7) is 2.71. The summed E-state index contributed by atoms with van der Waals surface area (Å²) in [4.78, 5) is 0.590. The summed E-state index contributed by atoms with van der Waals surface area (Å²) in [5.74, 6) is 0. The maximum atomic E-state index is 12.3. The number of halogens is 3. The fraction of sp³-hybridized carbons (Fsp3) is 1.00. The number of rotatable bonds is 2. The van der Waals surface area contributed by atoms with E-state index < -0.39 is 6.30 Å². The second-order valence-corrected chi connectivity index (χ2v) is 2.90. The van der Waals surface area contributed by atoms with Crippen LogP contribution in [0.4, 0.5) is 13.2 Å². The van der Waals surface area contributed by atoms with Crippen molar-refractivity contribution in [2.24, 2.45) is 0 Å². The van der Waals surface area contributed by atoms with Gasteiger partial charge in [-0.1, -0.05) is 6.92 Å². The Balaban J connectivity index is 2.54. The van der Waals surface area contributed by atoms with E-state index in [9.17, 15) is 13.2 Å². The van der Waals surface area contributed by atoms with Crippen molar-refractivity contribution in [2.75, 3.05) is 19.6 Å². The first-order chi connectivity index (χ1) is 5.55. The molecule has 1 atom stereocenters. The van der Waals surface area contributed by atoms with Gasteiger partial charge >= 0.3 is 6.30 Å². The van der Waals surface area contributed by atoms with Crippen LogP contribution >= 0.6 is 0 Å². The number of nitrogens with zero attached hydrogens (tertiary/aromatic N) is 1. The Morgan fingerprint density at radius 1 is 1.50 bits per heavy atom. The summed E-state index contributed by atoms with van der Waals surface area (Å²) in [5, 5.41) is 2.92. The van der Waals surface area contributed by atoms with E-state index in [4.69, 9.17) is 0 Å². The molecule has 72 valence electrons. The Hall–Kier alpha value is -0.290. The zero-order chi connectivity index (χ0) is 9.19. The zero-order valence-corrected chi connectivity index (χ0v) is 6.99. The highest BCUT2D eigenvalue weighted by Crippen LogP contribution is 2.25. The first-order valence-corrected chi connectivity index (χ1v) is 4.10. The lowest BCUT2D eigenvalue weighted by Gasteiger charge is -2.28. The van der Waals surface area contributed by atoms with Crippen LogP contribution < -0.4 is 5.32 Å². The molecule has 1 heterocycles. The maximum absolute atomic E-state index is 12.3. The number of likely N-dealkylation sites (N-methyl/N-ethyl adjacent to an activating group) is 1. The Morgan fingerprint density at radius 2 is 2.17 bits per heavy atom. The van der Waals surface area contributed by atoms with Crippen molar-refractivity contribution in [1.82, 2.24) is 10.2 Å². The molecule has 0 aromatic heterocycles. The SMILES string of the molecule is CCN([C@H]1CCNC1)C(F)(F)F. The highest BCUT2D eigenvalue weighted by Gasteiger charge is 2.41. The van der Waals surface area contributed by atoms with Gasteiger partial charge in [0.15, 0.2) is 0 Å². The van der Waals surface area contributed by atoms with Crippen molar-refractivity contribution in [3.8, 4) is 0 Å². The average molecular weight is 182 g/mol. The molecule has 0 aliphatic carbocycles. The summed E-state index contributed by atoms with van der Waals surface area (Å²) in [5.41, 5.74) is 0. The third-order valence-electron chi connectivity index (χ3n) is 2.14. The van der Waals surface area contributed by atoms with Gasteiger partial charge < -0.3 is 5.32 Å². The number of nitrogens with one attached hydrogen (secondary N) is 1. The molecule has 0 unspecified atom stereocenters. The van der Waals surface area contributed by atoms with Gasteiger partial charge in [0.2, 0.25) is 0 Å². The third-order valence-corrected chi connectivity index (χ3v) is 2.14. The van der Waals surface area contributed by atoms with Crippen LogP contribution in [0.2, 0.25) is 0 Å². The molecule has 1 aliphatic rings. The van der Waals surface area contributed by atoms with Crippen molar-refractivity contribution in [1.29, 1.82) is 0 Å². The Morgan fingerprint density at radius 3 is 2.50 bits per heavy atom. The molecule has 12 heavy (non-hydrogen) atoms. The number of hydrogen-bond acceptors (Lipinski definition) is 2. The molecule has 0 bridgehead atoms. The number of hydrogen-bond donors (Lipinski definition) is 1.